The van der Waals surface area contributed by atoms with Gasteiger partial charge < -0.3 is 5.32 Å². The van der Waals surface area contributed by atoms with Gasteiger partial charge >= 0.3 is 0 Å². The lowest BCUT2D eigenvalue weighted by molar-refractivity contribution is -0.116. The molecule has 2 aromatic heterocycles. The van der Waals surface area contributed by atoms with Gasteiger partial charge in [-0.2, -0.15) is 0 Å². The quantitative estimate of drug-likeness (QED) is 0.353. The zero-order valence-electron chi connectivity index (χ0n) is 20.6. The first kappa shape index (κ1) is 23.8. The van der Waals surface area contributed by atoms with Crippen LogP contribution in [0.3, 0.4) is 0 Å². The standard InChI is InChI=1S/C28H24ClN5O2S/c1-14-15(2)37-28-25(14)26(17-4-7-19(29)8-5-17)31-22(27-33-32-16(3)34(27)28)13-24(36)30-20-9-10-21-18(12-20)6-11-23(21)35/h4-5,7-10,12,22H,6,11,13H2,1-3H3,(H,30,36)/t22-/m0/s1. The second kappa shape index (κ2) is 9.04. The molecule has 0 spiro atoms. The second-order valence-corrected chi connectivity index (χ2v) is 11.1. The van der Waals surface area contributed by atoms with Crippen molar-refractivity contribution in [2.24, 2.45) is 4.99 Å². The molecule has 9 heteroatoms. The number of amides is 1. The number of ketones is 1. The maximum absolute atomic E-state index is 13.3. The van der Waals surface area contributed by atoms with Crippen LogP contribution in [0, 0.1) is 20.8 Å². The molecule has 1 amide bonds. The van der Waals surface area contributed by atoms with E-state index in [-0.39, 0.29) is 18.1 Å². The zero-order chi connectivity index (χ0) is 25.8. The van der Waals surface area contributed by atoms with Crippen LogP contribution in [0.1, 0.15) is 68.0 Å². The number of aryl methyl sites for hydroxylation is 3. The maximum Gasteiger partial charge on any atom is 0.227 e. The van der Waals surface area contributed by atoms with Crippen LogP contribution in [0.5, 0.6) is 0 Å². The van der Waals surface area contributed by atoms with Crippen LogP contribution < -0.4 is 5.32 Å². The Kier molecular flexibility index (Phi) is 5.81. The summed E-state index contributed by atoms with van der Waals surface area (Å²) in [6.07, 6.45) is 1.33. The number of hydrogen-bond donors (Lipinski definition) is 1. The van der Waals surface area contributed by atoms with Gasteiger partial charge in [0.1, 0.15) is 16.9 Å². The van der Waals surface area contributed by atoms with Gasteiger partial charge in [-0.05, 0) is 68.7 Å². The first-order chi connectivity index (χ1) is 17.8. The Morgan fingerprint density at radius 3 is 2.68 bits per heavy atom. The average Bonchev–Trinajstić information content (AvgIpc) is 3.49. The number of hydrogen-bond acceptors (Lipinski definition) is 6. The molecule has 1 N–H and O–H groups in total. The third-order valence-corrected chi connectivity index (χ3v) is 8.49. The van der Waals surface area contributed by atoms with E-state index in [1.165, 1.54) is 4.88 Å². The molecule has 186 valence electrons. The van der Waals surface area contributed by atoms with Gasteiger partial charge in [0.25, 0.3) is 0 Å². The number of halogens is 1. The fourth-order valence-corrected chi connectivity index (χ4v) is 6.39. The van der Waals surface area contributed by atoms with Crippen molar-refractivity contribution in [1.29, 1.82) is 0 Å². The maximum atomic E-state index is 13.3. The van der Waals surface area contributed by atoms with E-state index in [4.69, 9.17) is 16.6 Å². The highest BCUT2D eigenvalue weighted by Crippen LogP contribution is 2.39. The summed E-state index contributed by atoms with van der Waals surface area (Å²) in [4.78, 5) is 31.6. The molecule has 6 rings (SSSR count). The Hall–Kier alpha value is -3.62. The van der Waals surface area contributed by atoms with Crippen molar-refractivity contribution in [3.05, 3.63) is 91.8 Å². The summed E-state index contributed by atoms with van der Waals surface area (Å²) in [5, 5.41) is 13.5. The van der Waals surface area contributed by atoms with Crippen molar-refractivity contribution in [2.45, 2.75) is 46.1 Å². The number of Topliss-reactive ketones (excluding diaryl/α,β-unsaturated/α-hetero) is 1. The van der Waals surface area contributed by atoms with Crippen molar-refractivity contribution in [2.75, 3.05) is 5.32 Å². The molecule has 0 fully saturated rings. The van der Waals surface area contributed by atoms with Gasteiger partial charge in [0.2, 0.25) is 5.91 Å². The van der Waals surface area contributed by atoms with Crippen molar-refractivity contribution in [1.82, 2.24) is 14.8 Å². The molecule has 0 saturated carbocycles. The average molecular weight is 530 g/mol. The Morgan fingerprint density at radius 2 is 1.89 bits per heavy atom. The van der Waals surface area contributed by atoms with Gasteiger partial charge in [-0.3, -0.25) is 19.1 Å². The Bertz CT molecular complexity index is 1620. The number of carbonyl (C=O) groups excluding carboxylic acids is 2. The van der Waals surface area contributed by atoms with E-state index in [2.05, 4.69) is 29.4 Å². The normalized spacial score (nSPS) is 16.1. The predicted molar refractivity (Wildman–Crippen MR) is 146 cm³/mol. The number of fused-ring (bicyclic) bond motifs is 4. The largest absolute Gasteiger partial charge is 0.326 e. The fraction of sp³-hybridized carbons (Fsp3) is 0.250. The van der Waals surface area contributed by atoms with E-state index in [0.717, 1.165) is 44.4 Å². The molecule has 1 aliphatic carbocycles. The van der Waals surface area contributed by atoms with Crippen LogP contribution in [-0.4, -0.2) is 32.2 Å². The zero-order valence-corrected chi connectivity index (χ0v) is 22.2. The van der Waals surface area contributed by atoms with Gasteiger partial charge in [-0.1, -0.05) is 23.7 Å². The third kappa shape index (κ3) is 4.10. The highest BCUT2D eigenvalue weighted by Gasteiger charge is 2.32. The number of benzene rings is 2. The Labute approximate surface area is 223 Å². The van der Waals surface area contributed by atoms with Gasteiger partial charge in [-0.25, -0.2) is 0 Å². The molecule has 1 aliphatic heterocycles. The molecule has 1 atom stereocenters. The molecule has 2 aliphatic rings. The number of thiophene rings is 1. The van der Waals surface area contributed by atoms with Crippen LogP contribution in [0.4, 0.5) is 5.69 Å². The van der Waals surface area contributed by atoms with Gasteiger partial charge in [0, 0.05) is 38.7 Å². The predicted octanol–water partition coefficient (Wildman–Crippen LogP) is 5.96. The van der Waals surface area contributed by atoms with Gasteiger partial charge in [0.15, 0.2) is 11.6 Å². The summed E-state index contributed by atoms with van der Waals surface area (Å²) in [5.74, 6) is 1.36. The van der Waals surface area contributed by atoms with Crippen molar-refractivity contribution in [3.8, 4) is 5.00 Å². The smallest absolute Gasteiger partial charge is 0.227 e. The summed E-state index contributed by atoms with van der Waals surface area (Å²) >= 11 is 7.86. The van der Waals surface area contributed by atoms with E-state index in [1.807, 2.05) is 41.8 Å². The van der Waals surface area contributed by atoms with Crippen LogP contribution in [0.2, 0.25) is 5.02 Å². The molecule has 2 aromatic carbocycles. The van der Waals surface area contributed by atoms with E-state index < -0.39 is 6.04 Å². The van der Waals surface area contributed by atoms with Crippen LogP contribution in [0.15, 0.2) is 47.5 Å². The molecule has 0 bridgehead atoms. The van der Waals surface area contributed by atoms with Crippen LogP contribution >= 0.6 is 22.9 Å². The molecule has 4 aromatic rings. The lowest BCUT2D eigenvalue weighted by Gasteiger charge is -2.13. The van der Waals surface area contributed by atoms with Crippen molar-refractivity contribution in [3.63, 3.8) is 0 Å². The van der Waals surface area contributed by atoms with Crippen LogP contribution in [-0.2, 0) is 11.2 Å². The lowest BCUT2D eigenvalue weighted by atomic mass is 9.99. The fourth-order valence-electron chi connectivity index (χ4n) is 5.05. The van der Waals surface area contributed by atoms with Crippen molar-refractivity contribution >= 4 is 46.0 Å². The summed E-state index contributed by atoms with van der Waals surface area (Å²) in [7, 11) is 0. The number of rotatable bonds is 4. The van der Waals surface area contributed by atoms with E-state index in [1.54, 1.807) is 23.5 Å². The van der Waals surface area contributed by atoms with E-state index >= 15 is 0 Å². The SMILES string of the molecule is Cc1sc2c(c1C)C(c1ccc(Cl)cc1)=N[C@@H](CC(=O)Nc1ccc3c(c1)CCC3=O)c1nnc(C)n1-2. The minimum absolute atomic E-state index is 0.0954. The second-order valence-electron chi connectivity index (χ2n) is 9.45. The number of anilines is 1. The topological polar surface area (TPSA) is 89.2 Å². The van der Waals surface area contributed by atoms with Crippen LogP contribution in [0.25, 0.3) is 5.00 Å². The molecule has 3 heterocycles. The highest BCUT2D eigenvalue weighted by molar-refractivity contribution is 7.15. The molecular weight excluding hydrogens is 506 g/mol. The minimum atomic E-state index is -0.540. The molecule has 0 radical (unpaired) electrons. The summed E-state index contributed by atoms with van der Waals surface area (Å²) < 4.78 is 2.03. The number of nitrogens with zero attached hydrogens (tertiary/aromatic N) is 4. The first-order valence-corrected chi connectivity index (χ1v) is 13.3. The monoisotopic (exact) mass is 529 g/mol. The molecule has 0 saturated heterocycles. The number of aromatic nitrogens is 3. The summed E-state index contributed by atoms with van der Waals surface area (Å²) in [6.45, 7) is 6.12. The molecule has 0 unspecified atom stereocenters. The van der Waals surface area contributed by atoms with Gasteiger partial charge in [-0.15, -0.1) is 21.5 Å². The third-order valence-electron chi connectivity index (χ3n) is 7.05. The van der Waals surface area contributed by atoms with E-state index in [9.17, 15) is 9.59 Å². The molecule has 7 nitrogen and oxygen atoms in total. The first-order valence-electron chi connectivity index (χ1n) is 12.1. The van der Waals surface area contributed by atoms with Crippen molar-refractivity contribution < 1.29 is 9.59 Å². The number of nitrogens with one attached hydrogen (secondary N) is 1. The Morgan fingerprint density at radius 1 is 1.11 bits per heavy atom. The lowest BCUT2D eigenvalue weighted by Crippen LogP contribution is -2.17. The molecule has 37 heavy (non-hydrogen) atoms. The summed E-state index contributed by atoms with van der Waals surface area (Å²) in [5.41, 5.74) is 6.32. The Balaban J connectivity index is 1.40. The summed E-state index contributed by atoms with van der Waals surface area (Å²) in [6, 6.07) is 12.6. The number of aliphatic imine (C=N–C) groups is 1. The highest BCUT2D eigenvalue weighted by atomic mass is 35.5. The molecular formula is C28H24ClN5O2S. The van der Waals surface area contributed by atoms with E-state index in [0.29, 0.717) is 29.4 Å². The van der Waals surface area contributed by atoms with Gasteiger partial charge in [0.05, 0.1) is 12.1 Å². The number of carbonyl (C=O) groups is 2. The minimum Gasteiger partial charge on any atom is -0.326 e.